The van der Waals surface area contributed by atoms with Gasteiger partial charge in [0.05, 0.1) is 5.56 Å². The number of hydrogen-bond acceptors (Lipinski definition) is 2. The van der Waals surface area contributed by atoms with Crippen LogP contribution < -0.4 is 4.74 Å². The Hall–Kier alpha value is -2.30. The van der Waals surface area contributed by atoms with Gasteiger partial charge in [-0.2, -0.15) is 0 Å². The van der Waals surface area contributed by atoms with Gasteiger partial charge in [0.15, 0.2) is 17.5 Å². The number of unbranched alkanes of at least 4 members (excludes halogenated alkanes) is 3. The predicted octanol–water partition coefficient (Wildman–Crippen LogP) is 5.45. The van der Waals surface area contributed by atoms with E-state index in [-0.39, 0.29) is 11.3 Å². The molecule has 2 rings (SSSR count). The summed E-state index contributed by atoms with van der Waals surface area (Å²) < 4.78 is 44.0. The van der Waals surface area contributed by atoms with Crippen LogP contribution in [0.2, 0.25) is 0 Å². The molecule has 2 aromatic carbocycles. The normalized spacial score (nSPS) is 10.7. The summed E-state index contributed by atoms with van der Waals surface area (Å²) in [6.07, 6.45) is 5.57. The molecule has 128 valence electrons. The molecule has 0 aromatic heterocycles. The first-order chi connectivity index (χ1) is 11.5. The van der Waals surface area contributed by atoms with E-state index in [9.17, 15) is 18.0 Å². The largest absolute Gasteiger partial charge is 0.423 e. The summed E-state index contributed by atoms with van der Waals surface area (Å²) in [5.41, 5.74) is 1.37. The zero-order valence-electron chi connectivity index (χ0n) is 13.5. The lowest BCUT2D eigenvalue weighted by Gasteiger charge is -2.06. The molecule has 0 radical (unpaired) electrons. The van der Waals surface area contributed by atoms with Gasteiger partial charge in [-0.3, -0.25) is 0 Å². The van der Waals surface area contributed by atoms with Crippen molar-refractivity contribution in [3.05, 3.63) is 65.0 Å². The molecule has 0 N–H and O–H groups in total. The van der Waals surface area contributed by atoms with Crippen molar-refractivity contribution in [3.63, 3.8) is 0 Å². The van der Waals surface area contributed by atoms with Crippen molar-refractivity contribution in [2.45, 2.75) is 39.0 Å². The number of aryl methyl sites for hydroxylation is 1. The second kappa shape index (κ2) is 8.52. The monoisotopic (exact) mass is 336 g/mol. The molecule has 0 bridgehead atoms. The fourth-order valence-corrected chi connectivity index (χ4v) is 2.32. The predicted molar refractivity (Wildman–Crippen MR) is 85.6 cm³/mol. The van der Waals surface area contributed by atoms with Crippen molar-refractivity contribution in [2.24, 2.45) is 0 Å². The van der Waals surface area contributed by atoms with Crippen LogP contribution in [0.25, 0.3) is 0 Å². The van der Waals surface area contributed by atoms with E-state index in [4.69, 9.17) is 4.74 Å². The molecule has 0 heterocycles. The smallest absolute Gasteiger partial charge is 0.343 e. The number of rotatable bonds is 7. The van der Waals surface area contributed by atoms with E-state index in [2.05, 4.69) is 6.92 Å². The molecule has 0 aliphatic carbocycles. The topological polar surface area (TPSA) is 26.3 Å². The third-order valence-corrected chi connectivity index (χ3v) is 3.68. The van der Waals surface area contributed by atoms with Crippen LogP contribution in [0.5, 0.6) is 5.75 Å². The standard InChI is InChI=1S/C19H19F3O2/c1-2-3-4-5-6-13-7-9-14(10-8-13)19(23)24-15-11-16(20)18(22)17(21)12-15/h7-12H,2-6H2,1H3. The van der Waals surface area contributed by atoms with Gasteiger partial charge in [0, 0.05) is 12.1 Å². The van der Waals surface area contributed by atoms with Crippen LogP contribution in [0, 0.1) is 17.5 Å². The number of carbonyl (C=O) groups excluding carboxylic acids is 1. The van der Waals surface area contributed by atoms with Gasteiger partial charge in [0.2, 0.25) is 0 Å². The molecule has 0 fully saturated rings. The molecule has 2 aromatic rings. The molecule has 0 unspecified atom stereocenters. The quantitative estimate of drug-likeness (QED) is 0.291. The van der Waals surface area contributed by atoms with Crippen molar-refractivity contribution in [1.29, 1.82) is 0 Å². The Balaban J connectivity index is 1.97. The highest BCUT2D eigenvalue weighted by atomic mass is 19.2. The second-order valence-electron chi connectivity index (χ2n) is 5.60. The molecule has 24 heavy (non-hydrogen) atoms. The Morgan fingerprint density at radius 1 is 0.958 bits per heavy atom. The maximum atomic E-state index is 13.1. The lowest BCUT2D eigenvalue weighted by Crippen LogP contribution is -2.09. The van der Waals surface area contributed by atoms with Gasteiger partial charge in [0.25, 0.3) is 0 Å². The van der Waals surface area contributed by atoms with Gasteiger partial charge < -0.3 is 4.74 Å². The number of halogens is 3. The van der Waals surface area contributed by atoms with E-state index in [1.807, 2.05) is 12.1 Å². The molecular weight excluding hydrogens is 317 g/mol. The second-order valence-corrected chi connectivity index (χ2v) is 5.60. The summed E-state index contributed by atoms with van der Waals surface area (Å²) in [5.74, 6) is -5.53. The first-order valence-electron chi connectivity index (χ1n) is 7.97. The van der Waals surface area contributed by atoms with Crippen LogP contribution in [0.1, 0.15) is 48.5 Å². The van der Waals surface area contributed by atoms with Gasteiger partial charge in [-0.05, 0) is 30.5 Å². The first-order valence-corrected chi connectivity index (χ1v) is 7.97. The highest BCUT2D eigenvalue weighted by Gasteiger charge is 2.14. The van der Waals surface area contributed by atoms with E-state index < -0.39 is 23.4 Å². The minimum atomic E-state index is -1.60. The van der Waals surface area contributed by atoms with E-state index in [0.717, 1.165) is 18.4 Å². The van der Waals surface area contributed by atoms with E-state index in [1.165, 1.54) is 19.3 Å². The Kier molecular flexibility index (Phi) is 6.41. The third-order valence-electron chi connectivity index (χ3n) is 3.68. The van der Waals surface area contributed by atoms with Gasteiger partial charge >= 0.3 is 5.97 Å². The zero-order chi connectivity index (χ0) is 17.5. The Bertz CT molecular complexity index is 673. The molecule has 0 saturated carbocycles. The van der Waals surface area contributed by atoms with Crippen molar-refractivity contribution in [1.82, 2.24) is 0 Å². The summed E-state index contributed by atoms with van der Waals surface area (Å²) in [4.78, 5) is 12.0. The molecular formula is C19H19F3O2. The van der Waals surface area contributed by atoms with Crippen LogP contribution in [0.4, 0.5) is 13.2 Å². The first kappa shape index (κ1) is 18.0. The molecule has 5 heteroatoms. The van der Waals surface area contributed by atoms with E-state index in [0.29, 0.717) is 12.1 Å². The van der Waals surface area contributed by atoms with Crippen LogP contribution in [0.3, 0.4) is 0 Å². The molecule has 0 spiro atoms. The van der Waals surface area contributed by atoms with Crippen LogP contribution in [-0.2, 0) is 6.42 Å². The highest BCUT2D eigenvalue weighted by Crippen LogP contribution is 2.20. The summed E-state index contributed by atoms with van der Waals surface area (Å²) in [6, 6.07) is 8.14. The zero-order valence-corrected chi connectivity index (χ0v) is 13.5. The number of carbonyl (C=O) groups is 1. The highest BCUT2D eigenvalue weighted by molar-refractivity contribution is 5.91. The maximum Gasteiger partial charge on any atom is 0.343 e. The summed E-state index contributed by atoms with van der Waals surface area (Å²) >= 11 is 0. The third kappa shape index (κ3) is 4.85. The SMILES string of the molecule is CCCCCCc1ccc(C(=O)Oc2cc(F)c(F)c(F)c2)cc1. The van der Waals surface area contributed by atoms with E-state index in [1.54, 1.807) is 12.1 Å². The number of hydrogen-bond donors (Lipinski definition) is 0. The minimum Gasteiger partial charge on any atom is -0.423 e. The minimum absolute atomic E-state index is 0.262. The van der Waals surface area contributed by atoms with Crippen molar-refractivity contribution >= 4 is 5.97 Å². The maximum absolute atomic E-state index is 13.1. The summed E-state index contributed by atoms with van der Waals surface area (Å²) in [5, 5.41) is 0. The van der Waals surface area contributed by atoms with Crippen LogP contribution in [-0.4, -0.2) is 5.97 Å². The Labute approximate surface area is 139 Å². The van der Waals surface area contributed by atoms with Crippen LogP contribution >= 0.6 is 0 Å². The van der Waals surface area contributed by atoms with E-state index >= 15 is 0 Å². The molecule has 0 amide bonds. The molecule has 0 atom stereocenters. The van der Waals surface area contributed by atoms with Crippen LogP contribution in [0.15, 0.2) is 36.4 Å². The lowest BCUT2D eigenvalue weighted by atomic mass is 10.0. The van der Waals surface area contributed by atoms with Crippen molar-refractivity contribution < 1.29 is 22.7 Å². The molecule has 0 aliphatic rings. The van der Waals surface area contributed by atoms with Gasteiger partial charge in [-0.15, -0.1) is 0 Å². The average Bonchev–Trinajstić information content (AvgIpc) is 2.57. The molecule has 0 aliphatic heterocycles. The number of benzene rings is 2. The lowest BCUT2D eigenvalue weighted by molar-refractivity contribution is 0.0733. The summed E-state index contributed by atoms with van der Waals surface area (Å²) in [7, 11) is 0. The fraction of sp³-hybridized carbons (Fsp3) is 0.316. The Morgan fingerprint density at radius 2 is 1.58 bits per heavy atom. The van der Waals surface area contributed by atoms with Crippen molar-refractivity contribution in [3.8, 4) is 5.75 Å². The average molecular weight is 336 g/mol. The van der Waals surface area contributed by atoms with Gasteiger partial charge in [-0.1, -0.05) is 38.3 Å². The number of ether oxygens (including phenoxy) is 1. The van der Waals surface area contributed by atoms with Gasteiger partial charge in [0.1, 0.15) is 5.75 Å². The fourth-order valence-electron chi connectivity index (χ4n) is 2.32. The molecule has 2 nitrogen and oxygen atoms in total. The Morgan fingerprint density at radius 3 is 2.17 bits per heavy atom. The van der Waals surface area contributed by atoms with Gasteiger partial charge in [-0.25, -0.2) is 18.0 Å². The number of esters is 1. The molecule has 0 saturated heterocycles. The summed E-state index contributed by atoms with van der Waals surface area (Å²) in [6.45, 7) is 2.15. The van der Waals surface area contributed by atoms with Crippen molar-refractivity contribution in [2.75, 3.05) is 0 Å².